The summed E-state index contributed by atoms with van der Waals surface area (Å²) in [7, 11) is 1.77. The smallest absolute Gasteiger partial charge is 0.255 e. The number of carbonyl (C=O) groups is 1. The first kappa shape index (κ1) is 10.9. The second kappa shape index (κ2) is 4.96. The molecule has 1 fully saturated rings. The summed E-state index contributed by atoms with van der Waals surface area (Å²) in [4.78, 5) is 16.0. The van der Waals surface area contributed by atoms with Crippen LogP contribution in [0.2, 0.25) is 0 Å². The normalized spacial score (nSPS) is 15.3. The second-order valence-corrected chi connectivity index (χ2v) is 4.16. The molecule has 2 rings (SSSR count). The zero-order chi connectivity index (χ0) is 11.4. The lowest BCUT2D eigenvalue weighted by molar-refractivity contribution is 0.0939. The number of nitrogens with zero attached hydrogens (tertiary/aromatic N) is 1. The van der Waals surface area contributed by atoms with Gasteiger partial charge in [0.25, 0.3) is 5.91 Å². The van der Waals surface area contributed by atoms with Crippen LogP contribution in [0.4, 0.5) is 5.82 Å². The molecule has 0 aliphatic heterocycles. The summed E-state index contributed by atoms with van der Waals surface area (Å²) in [6.45, 7) is 0.789. The van der Waals surface area contributed by atoms with Gasteiger partial charge in [-0.05, 0) is 30.9 Å². The fraction of sp³-hybridized carbons (Fsp3) is 0.500. The van der Waals surface area contributed by atoms with E-state index in [1.54, 1.807) is 25.4 Å². The first-order valence-corrected chi connectivity index (χ1v) is 5.72. The van der Waals surface area contributed by atoms with Gasteiger partial charge >= 0.3 is 0 Å². The Hall–Kier alpha value is -1.58. The summed E-state index contributed by atoms with van der Waals surface area (Å²) >= 11 is 0. The lowest BCUT2D eigenvalue weighted by Gasteiger charge is -2.25. The molecular formula is C12H17N3O. The predicted octanol–water partition coefficient (Wildman–Crippen LogP) is 1.65. The Kier molecular flexibility index (Phi) is 3.39. The average molecular weight is 219 g/mol. The molecule has 0 radical (unpaired) electrons. The number of hydrogen-bond acceptors (Lipinski definition) is 3. The number of anilines is 1. The third-order valence-electron chi connectivity index (χ3n) is 3.07. The van der Waals surface area contributed by atoms with Crippen LogP contribution in [0.5, 0.6) is 0 Å². The summed E-state index contributed by atoms with van der Waals surface area (Å²) in [5.41, 5.74) is 0.615. The molecule has 0 atom stereocenters. The first-order valence-electron chi connectivity index (χ1n) is 5.72. The Balaban J connectivity index is 1.96. The molecule has 0 unspecified atom stereocenters. The van der Waals surface area contributed by atoms with Gasteiger partial charge in [0.2, 0.25) is 0 Å². The molecule has 1 aliphatic carbocycles. The third kappa shape index (κ3) is 2.32. The van der Waals surface area contributed by atoms with Crippen LogP contribution in [0.3, 0.4) is 0 Å². The molecule has 4 nitrogen and oxygen atoms in total. The standard InChI is InChI=1S/C12H17N3O/c1-13-11-10(6-3-7-14-11)12(16)15-8-9-4-2-5-9/h3,6-7,9H,2,4-5,8H2,1H3,(H,13,14)(H,15,16). The molecule has 0 bridgehead atoms. The van der Waals surface area contributed by atoms with Gasteiger partial charge in [-0.15, -0.1) is 0 Å². The van der Waals surface area contributed by atoms with Crippen LogP contribution in [0.1, 0.15) is 29.6 Å². The van der Waals surface area contributed by atoms with Crippen molar-refractivity contribution in [2.24, 2.45) is 5.92 Å². The molecule has 1 aromatic heterocycles. The van der Waals surface area contributed by atoms with Crippen LogP contribution in [0.15, 0.2) is 18.3 Å². The number of nitrogens with one attached hydrogen (secondary N) is 2. The SMILES string of the molecule is CNc1ncccc1C(=O)NCC1CCC1. The molecule has 1 aromatic rings. The molecule has 1 saturated carbocycles. The fourth-order valence-electron chi connectivity index (χ4n) is 1.82. The molecule has 2 N–H and O–H groups in total. The summed E-state index contributed by atoms with van der Waals surface area (Å²) in [6.07, 6.45) is 5.46. The number of carbonyl (C=O) groups excluding carboxylic acids is 1. The van der Waals surface area contributed by atoms with Gasteiger partial charge in [0, 0.05) is 19.8 Å². The molecule has 1 aliphatic rings. The Labute approximate surface area is 95.5 Å². The highest BCUT2D eigenvalue weighted by atomic mass is 16.1. The maximum atomic E-state index is 11.9. The van der Waals surface area contributed by atoms with Crippen molar-refractivity contribution in [1.29, 1.82) is 0 Å². The monoisotopic (exact) mass is 219 g/mol. The second-order valence-electron chi connectivity index (χ2n) is 4.16. The van der Waals surface area contributed by atoms with E-state index >= 15 is 0 Å². The van der Waals surface area contributed by atoms with E-state index in [2.05, 4.69) is 15.6 Å². The van der Waals surface area contributed by atoms with Gasteiger partial charge in [0.05, 0.1) is 5.56 Å². The highest BCUT2D eigenvalue weighted by Gasteiger charge is 2.19. The van der Waals surface area contributed by atoms with Crippen LogP contribution in [0, 0.1) is 5.92 Å². The van der Waals surface area contributed by atoms with E-state index in [4.69, 9.17) is 0 Å². The Morgan fingerprint density at radius 2 is 2.38 bits per heavy atom. The molecule has 16 heavy (non-hydrogen) atoms. The number of rotatable bonds is 4. The molecule has 0 spiro atoms. The zero-order valence-corrected chi connectivity index (χ0v) is 9.49. The van der Waals surface area contributed by atoms with Gasteiger partial charge in [0.15, 0.2) is 0 Å². The highest BCUT2D eigenvalue weighted by Crippen LogP contribution is 2.25. The van der Waals surface area contributed by atoms with Crippen LogP contribution in [-0.2, 0) is 0 Å². The lowest BCUT2D eigenvalue weighted by atomic mass is 9.85. The maximum absolute atomic E-state index is 11.9. The Morgan fingerprint density at radius 1 is 1.56 bits per heavy atom. The summed E-state index contributed by atoms with van der Waals surface area (Å²) in [5.74, 6) is 1.27. The van der Waals surface area contributed by atoms with E-state index in [1.165, 1.54) is 19.3 Å². The van der Waals surface area contributed by atoms with E-state index in [1.807, 2.05) is 0 Å². The van der Waals surface area contributed by atoms with Crippen LogP contribution in [0.25, 0.3) is 0 Å². The van der Waals surface area contributed by atoms with E-state index in [0.717, 1.165) is 6.54 Å². The van der Waals surface area contributed by atoms with Crippen molar-refractivity contribution in [1.82, 2.24) is 10.3 Å². The molecule has 0 aromatic carbocycles. The van der Waals surface area contributed by atoms with Crippen molar-refractivity contribution < 1.29 is 4.79 Å². The summed E-state index contributed by atoms with van der Waals surface area (Å²) in [5, 5.41) is 5.88. The summed E-state index contributed by atoms with van der Waals surface area (Å²) < 4.78 is 0. The minimum Gasteiger partial charge on any atom is -0.372 e. The molecule has 86 valence electrons. The summed E-state index contributed by atoms with van der Waals surface area (Å²) in [6, 6.07) is 3.56. The van der Waals surface area contributed by atoms with Crippen molar-refractivity contribution >= 4 is 11.7 Å². The Bertz CT molecular complexity index is 374. The lowest BCUT2D eigenvalue weighted by Crippen LogP contribution is -2.32. The first-order chi connectivity index (χ1) is 7.81. The van der Waals surface area contributed by atoms with E-state index < -0.39 is 0 Å². The number of pyridine rings is 1. The van der Waals surface area contributed by atoms with Gasteiger partial charge in [0.1, 0.15) is 5.82 Å². The van der Waals surface area contributed by atoms with Gasteiger partial charge in [-0.2, -0.15) is 0 Å². The topological polar surface area (TPSA) is 54.0 Å². The zero-order valence-electron chi connectivity index (χ0n) is 9.49. The van der Waals surface area contributed by atoms with Crippen LogP contribution >= 0.6 is 0 Å². The van der Waals surface area contributed by atoms with E-state index in [9.17, 15) is 4.79 Å². The average Bonchev–Trinajstić information content (AvgIpc) is 2.26. The fourth-order valence-corrected chi connectivity index (χ4v) is 1.82. The minimum absolute atomic E-state index is 0.0376. The van der Waals surface area contributed by atoms with Crippen molar-refractivity contribution in [3.63, 3.8) is 0 Å². The molecule has 1 amide bonds. The number of amides is 1. The van der Waals surface area contributed by atoms with E-state index in [-0.39, 0.29) is 5.91 Å². The van der Waals surface area contributed by atoms with Crippen molar-refractivity contribution in [2.45, 2.75) is 19.3 Å². The van der Waals surface area contributed by atoms with Crippen molar-refractivity contribution in [3.05, 3.63) is 23.9 Å². The molecule has 4 heteroatoms. The predicted molar refractivity (Wildman–Crippen MR) is 63.5 cm³/mol. The largest absolute Gasteiger partial charge is 0.372 e. The van der Waals surface area contributed by atoms with Crippen LogP contribution in [-0.4, -0.2) is 24.5 Å². The number of aromatic nitrogens is 1. The quantitative estimate of drug-likeness (QED) is 0.809. The van der Waals surface area contributed by atoms with Gasteiger partial charge in [-0.1, -0.05) is 6.42 Å². The molecular weight excluding hydrogens is 202 g/mol. The maximum Gasteiger partial charge on any atom is 0.255 e. The van der Waals surface area contributed by atoms with Gasteiger partial charge in [-0.25, -0.2) is 4.98 Å². The van der Waals surface area contributed by atoms with E-state index in [0.29, 0.717) is 17.3 Å². The van der Waals surface area contributed by atoms with Gasteiger partial charge < -0.3 is 10.6 Å². The van der Waals surface area contributed by atoms with Crippen molar-refractivity contribution in [3.8, 4) is 0 Å². The van der Waals surface area contributed by atoms with Crippen molar-refractivity contribution in [2.75, 3.05) is 18.9 Å². The minimum atomic E-state index is -0.0376. The number of hydrogen-bond donors (Lipinski definition) is 2. The highest BCUT2D eigenvalue weighted by molar-refractivity contribution is 5.98. The molecule has 0 saturated heterocycles. The third-order valence-corrected chi connectivity index (χ3v) is 3.07. The molecule has 1 heterocycles. The van der Waals surface area contributed by atoms with Gasteiger partial charge in [-0.3, -0.25) is 4.79 Å². The van der Waals surface area contributed by atoms with Crippen LogP contribution < -0.4 is 10.6 Å². The Morgan fingerprint density at radius 3 is 3.00 bits per heavy atom.